The second kappa shape index (κ2) is 6.76. The SMILES string of the molecule is CS(=O)(=O)c1cc(F)c(-c2[nH]c(C(F)F)nc2-c2cccc(F)c2)cc1F. The highest BCUT2D eigenvalue weighted by molar-refractivity contribution is 7.90. The Morgan fingerprint density at radius 2 is 1.74 bits per heavy atom. The molecule has 1 heterocycles. The van der Waals surface area contributed by atoms with E-state index in [1.165, 1.54) is 12.1 Å². The zero-order chi connectivity index (χ0) is 19.9. The van der Waals surface area contributed by atoms with Gasteiger partial charge in [-0.05, 0) is 24.3 Å². The summed E-state index contributed by atoms with van der Waals surface area (Å²) >= 11 is 0. The molecule has 0 spiro atoms. The van der Waals surface area contributed by atoms with Crippen molar-refractivity contribution in [3.8, 4) is 22.5 Å². The molecule has 1 N–H and O–H groups in total. The molecule has 10 heteroatoms. The Bertz CT molecular complexity index is 1130. The summed E-state index contributed by atoms with van der Waals surface area (Å²) in [6.07, 6.45) is -2.34. The summed E-state index contributed by atoms with van der Waals surface area (Å²) < 4.78 is 91.3. The number of benzene rings is 2. The molecule has 0 amide bonds. The third-order valence-electron chi connectivity index (χ3n) is 3.72. The lowest BCUT2D eigenvalue weighted by atomic mass is 10.0. The molecule has 0 saturated heterocycles. The lowest BCUT2D eigenvalue weighted by molar-refractivity contribution is 0.141. The fraction of sp³-hybridized carbons (Fsp3) is 0.118. The quantitative estimate of drug-likeness (QED) is 0.654. The first-order valence-electron chi connectivity index (χ1n) is 7.41. The Hall–Kier alpha value is -2.75. The highest BCUT2D eigenvalue weighted by Crippen LogP contribution is 2.35. The summed E-state index contributed by atoms with van der Waals surface area (Å²) in [5.41, 5.74) is -1.01. The van der Waals surface area contributed by atoms with Crippen molar-refractivity contribution in [2.24, 2.45) is 0 Å². The second-order valence-electron chi connectivity index (χ2n) is 5.69. The smallest absolute Gasteiger partial charge is 0.295 e. The normalized spacial score (nSPS) is 12.0. The second-order valence-corrected chi connectivity index (χ2v) is 7.68. The van der Waals surface area contributed by atoms with Crippen LogP contribution in [0.2, 0.25) is 0 Å². The average Bonchev–Trinajstić information content (AvgIpc) is 3.01. The molecule has 0 aliphatic rings. The predicted octanol–water partition coefficient (Wildman–Crippen LogP) is 4.50. The van der Waals surface area contributed by atoms with Gasteiger partial charge in [-0.25, -0.2) is 35.4 Å². The molecule has 3 aromatic rings. The molecule has 0 aliphatic carbocycles. The van der Waals surface area contributed by atoms with Crippen LogP contribution in [-0.4, -0.2) is 24.6 Å². The first-order chi connectivity index (χ1) is 12.6. The largest absolute Gasteiger partial charge is 0.337 e. The van der Waals surface area contributed by atoms with E-state index in [1.807, 2.05) is 0 Å². The van der Waals surface area contributed by atoms with Crippen LogP contribution in [-0.2, 0) is 9.84 Å². The van der Waals surface area contributed by atoms with Gasteiger partial charge in [0.25, 0.3) is 6.43 Å². The van der Waals surface area contributed by atoms with Crippen LogP contribution in [0, 0.1) is 17.5 Å². The Morgan fingerprint density at radius 1 is 1.04 bits per heavy atom. The number of aromatic amines is 1. The molecule has 0 unspecified atom stereocenters. The van der Waals surface area contributed by atoms with Crippen molar-refractivity contribution in [2.75, 3.05) is 6.26 Å². The molecule has 0 radical (unpaired) electrons. The van der Waals surface area contributed by atoms with Crippen molar-refractivity contribution >= 4 is 9.84 Å². The molecule has 0 fully saturated rings. The van der Waals surface area contributed by atoms with Gasteiger partial charge in [-0.1, -0.05) is 12.1 Å². The molecule has 4 nitrogen and oxygen atoms in total. The molecule has 3 rings (SSSR count). The maximum absolute atomic E-state index is 14.5. The number of imidazole rings is 1. The molecule has 0 atom stereocenters. The Balaban J connectivity index is 2.27. The van der Waals surface area contributed by atoms with Crippen molar-refractivity contribution < 1.29 is 30.4 Å². The van der Waals surface area contributed by atoms with Gasteiger partial charge in [0.15, 0.2) is 15.7 Å². The van der Waals surface area contributed by atoms with Crippen LogP contribution < -0.4 is 0 Å². The van der Waals surface area contributed by atoms with E-state index in [4.69, 9.17) is 0 Å². The van der Waals surface area contributed by atoms with E-state index in [0.717, 1.165) is 12.1 Å². The van der Waals surface area contributed by atoms with Crippen LogP contribution in [0.25, 0.3) is 22.5 Å². The van der Waals surface area contributed by atoms with Gasteiger partial charge in [-0.15, -0.1) is 0 Å². The van der Waals surface area contributed by atoms with Gasteiger partial charge in [0.1, 0.15) is 22.3 Å². The Morgan fingerprint density at radius 3 is 2.33 bits per heavy atom. The molecule has 0 aliphatic heterocycles. The Labute approximate surface area is 150 Å². The van der Waals surface area contributed by atoms with E-state index in [1.54, 1.807) is 0 Å². The topological polar surface area (TPSA) is 62.8 Å². The maximum atomic E-state index is 14.5. The fourth-order valence-corrected chi connectivity index (χ4v) is 3.27. The third kappa shape index (κ3) is 3.70. The molecule has 2 aromatic carbocycles. The first kappa shape index (κ1) is 19.0. The first-order valence-corrected chi connectivity index (χ1v) is 9.30. The zero-order valence-electron chi connectivity index (χ0n) is 13.6. The van der Waals surface area contributed by atoms with Gasteiger partial charge in [-0.2, -0.15) is 0 Å². The fourth-order valence-electron chi connectivity index (χ4n) is 2.54. The van der Waals surface area contributed by atoms with Crippen molar-refractivity contribution in [2.45, 2.75) is 11.3 Å². The van der Waals surface area contributed by atoms with E-state index in [-0.39, 0.29) is 17.0 Å². The molecule has 27 heavy (non-hydrogen) atoms. The number of nitrogens with zero attached hydrogens (tertiary/aromatic N) is 1. The predicted molar refractivity (Wildman–Crippen MR) is 87.4 cm³/mol. The maximum Gasteiger partial charge on any atom is 0.295 e. The van der Waals surface area contributed by atoms with E-state index in [9.17, 15) is 30.4 Å². The average molecular weight is 402 g/mol. The van der Waals surface area contributed by atoms with Gasteiger partial charge in [0, 0.05) is 17.4 Å². The summed E-state index contributed by atoms with van der Waals surface area (Å²) in [5, 5.41) is 0. The van der Waals surface area contributed by atoms with Crippen molar-refractivity contribution in [1.82, 2.24) is 9.97 Å². The van der Waals surface area contributed by atoms with Gasteiger partial charge in [0.05, 0.1) is 11.4 Å². The van der Waals surface area contributed by atoms with Crippen molar-refractivity contribution in [3.05, 3.63) is 59.7 Å². The monoisotopic (exact) mass is 402 g/mol. The van der Waals surface area contributed by atoms with Crippen LogP contribution >= 0.6 is 0 Å². The van der Waals surface area contributed by atoms with Gasteiger partial charge in [0.2, 0.25) is 0 Å². The van der Waals surface area contributed by atoms with E-state index in [2.05, 4.69) is 9.97 Å². The number of rotatable bonds is 4. The number of halogens is 5. The number of hydrogen-bond acceptors (Lipinski definition) is 3. The van der Waals surface area contributed by atoms with Gasteiger partial charge < -0.3 is 4.98 Å². The number of nitrogens with one attached hydrogen (secondary N) is 1. The van der Waals surface area contributed by atoms with E-state index in [0.29, 0.717) is 18.4 Å². The minimum absolute atomic E-state index is 0.0557. The molecular weight excluding hydrogens is 391 g/mol. The molecule has 142 valence electrons. The summed E-state index contributed by atoms with van der Waals surface area (Å²) in [6.45, 7) is 0. The van der Waals surface area contributed by atoms with Crippen LogP contribution in [0.15, 0.2) is 41.3 Å². The number of sulfone groups is 1. The van der Waals surface area contributed by atoms with Crippen LogP contribution in [0.3, 0.4) is 0 Å². The lowest BCUT2D eigenvalue weighted by Crippen LogP contribution is -2.03. The highest BCUT2D eigenvalue weighted by atomic mass is 32.2. The summed E-state index contributed by atoms with van der Waals surface area (Å²) in [7, 11) is -4.04. The number of hydrogen-bond donors (Lipinski definition) is 1. The summed E-state index contributed by atoms with van der Waals surface area (Å²) in [6, 6.07) is 5.79. The van der Waals surface area contributed by atoms with E-state index >= 15 is 0 Å². The van der Waals surface area contributed by atoms with Crippen molar-refractivity contribution in [3.63, 3.8) is 0 Å². The summed E-state index contributed by atoms with van der Waals surface area (Å²) in [5.74, 6) is -3.93. The molecule has 1 aromatic heterocycles. The summed E-state index contributed by atoms with van der Waals surface area (Å²) in [4.78, 5) is 4.99. The number of aromatic nitrogens is 2. The number of alkyl halides is 2. The van der Waals surface area contributed by atoms with Gasteiger partial charge in [-0.3, -0.25) is 0 Å². The van der Waals surface area contributed by atoms with Gasteiger partial charge >= 0.3 is 0 Å². The molecular formula is C17H11F5N2O2S. The standard InChI is InChI=1S/C17H11F5N2O2S/c1-27(25,26)13-7-11(19)10(6-12(13)20)15-14(23-17(24-15)16(21)22)8-3-2-4-9(18)5-8/h2-7,16H,1H3,(H,23,24). The minimum Gasteiger partial charge on any atom is -0.337 e. The van der Waals surface area contributed by atoms with Crippen LogP contribution in [0.1, 0.15) is 12.2 Å². The lowest BCUT2D eigenvalue weighted by Gasteiger charge is -2.08. The van der Waals surface area contributed by atoms with E-state index < -0.39 is 50.0 Å². The molecule has 0 bridgehead atoms. The number of H-pyrrole nitrogens is 1. The Kier molecular flexibility index (Phi) is 4.77. The minimum atomic E-state index is -4.04. The highest BCUT2D eigenvalue weighted by Gasteiger charge is 2.24. The zero-order valence-corrected chi connectivity index (χ0v) is 14.4. The third-order valence-corrected chi connectivity index (χ3v) is 4.83. The molecule has 0 saturated carbocycles. The van der Waals surface area contributed by atoms with Crippen LogP contribution in [0.5, 0.6) is 0 Å². The van der Waals surface area contributed by atoms with Crippen molar-refractivity contribution in [1.29, 1.82) is 0 Å². The van der Waals surface area contributed by atoms with Crippen LogP contribution in [0.4, 0.5) is 22.0 Å².